The average Bonchev–Trinajstić information content (AvgIpc) is 2.85. The van der Waals surface area contributed by atoms with Gasteiger partial charge in [0.25, 0.3) is 0 Å². The van der Waals surface area contributed by atoms with Gasteiger partial charge < -0.3 is 19.3 Å². The fourth-order valence-corrected chi connectivity index (χ4v) is 3.60. The van der Waals surface area contributed by atoms with E-state index in [1.54, 1.807) is 0 Å². The first kappa shape index (κ1) is 27.1. The van der Waals surface area contributed by atoms with Crippen molar-refractivity contribution in [2.45, 2.75) is 77.7 Å². The number of carbonyl (C=O) groups excluding carboxylic acids is 1. The minimum atomic E-state index is -0.421. The molecule has 0 heterocycles. The van der Waals surface area contributed by atoms with Crippen LogP contribution in [0.1, 0.15) is 71.6 Å². The fourth-order valence-electron chi connectivity index (χ4n) is 3.60. The number of rotatable bonds is 18. The third-order valence-corrected chi connectivity index (χ3v) is 6.01. The van der Waals surface area contributed by atoms with E-state index in [2.05, 4.69) is 36.4 Å². The molecule has 5 nitrogen and oxygen atoms in total. The van der Waals surface area contributed by atoms with E-state index in [1.165, 1.54) is 42.9 Å². The Labute approximate surface area is 199 Å². The molecule has 2 aromatic rings. The summed E-state index contributed by atoms with van der Waals surface area (Å²) in [6, 6.07) is 14.6. The summed E-state index contributed by atoms with van der Waals surface area (Å²) in [5, 5.41) is 11.8. The van der Waals surface area contributed by atoms with Crippen molar-refractivity contribution in [3.63, 3.8) is 0 Å². The lowest BCUT2D eigenvalue weighted by molar-refractivity contribution is -0.153. The molecule has 0 saturated heterocycles. The second kappa shape index (κ2) is 16.5. The van der Waals surface area contributed by atoms with Gasteiger partial charge in [-0.1, -0.05) is 82.7 Å². The van der Waals surface area contributed by atoms with Crippen molar-refractivity contribution in [3.8, 4) is 5.75 Å². The molecule has 0 amide bonds. The van der Waals surface area contributed by atoms with E-state index >= 15 is 0 Å². The van der Waals surface area contributed by atoms with Gasteiger partial charge in [0.15, 0.2) is 0 Å². The van der Waals surface area contributed by atoms with Crippen molar-refractivity contribution in [2.24, 2.45) is 5.92 Å². The SMILES string of the molecule is CCC(C)C(=O)OCC(CO)OCCCCCCCCCCOc1ccc2ccccc2c1. The van der Waals surface area contributed by atoms with Gasteiger partial charge in [-0.2, -0.15) is 0 Å². The first-order valence-electron chi connectivity index (χ1n) is 12.6. The normalized spacial score (nSPS) is 13.1. The summed E-state index contributed by atoms with van der Waals surface area (Å²) in [5.74, 6) is 0.620. The van der Waals surface area contributed by atoms with Crippen LogP contribution < -0.4 is 4.74 Å². The number of benzene rings is 2. The summed E-state index contributed by atoms with van der Waals surface area (Å²) in [4.78, 5) is 11.7. The number of hydrogen-bond acceptors (Lipinski definition) is 5. The molecule has 0 saturated carbocycles. The van der Waals surface area contributed by atoms with Gasteiger partial charge in [-0.05, 0) is 42.2 Å². The summed E-state index contributed by atoms with van der Waals surface area (Å²) < 4.78 is 16.8. The standard InChI is InChI=1S/C28H42O5/c1-3-23(2)28(30)33-22-27(21-29)32-19-13-9-7-5-4-6-8-12-18-31-26-17-16-24-14-10-11-15-25(24)20-26/h10-11,14-17,20,23,27,29H,3-9,12-13,18-19,21-22H2,1-2H3. The highest BCUT2D eigenvalue weighted by Crippen LogP contribution is 2.21. The molecule has 0 aliphatic rings. The Morgan fingerprint density at radius 2 is 1.52 bits per heavy atom. The van der Waals surface area contributed by atoms with Gasteiger partial charge in [-0.25, -0.2) is 0 Å². The van der Waals surface area contributed by atoms with Gasteiger partial charge in [-0.3, -0.25) is 4.79 Å². The minimum absolute atomic E-state index is 0.110. The van der Waals surface area contributed by atoms with Crippen LogP contribution >= 0.6 is 0 Å². The van der Waals surface area contributed by atoms with E-state index in [1.807, 2.05) is 19.9 Å². The summed E-state index contributed by atoms with van der Waals surface area (Å²) in [5.41, 5.74) is 0. The molecule has 184 valence electrons. The average molecular weight is 459 g/mol. The number of aliphatic hydroxyl groups excluding tert-OH is 1. The molecule has 33 heavy (non-hydrogen) atoms. The topological polar surface area (TPSA) is 65.0 Å². The van der Waals surface area contributed by atoms with E-state index in [9.17, 15) is 9.90 Å². The van der Waals surface area contributed by atoms with Crippen molar-refractivity contribution in [3.05, 3.63) is 42.5 Å². The number of esters is 1. The number of aliphatic hydroxyl groups is 1. The molecule has 2 rings (SSSR count). The summed E-state index contributed by atoms with van der Waals surface area (Å²) >= 11 is 0. The molecular weight excluding hydrogens is 416 g/mol. The molecular formula is C28H42O5. The Kier molecular flexibility index (Phi) is 13.6. The van der Waals surface area contributed by atoms with Gasteiger partial charge >= 0.3 is 5.97 Å². The second-order valence-electron chi connectivity index (χ2n) is 8.80. The molecule has 0 aliphatic carbocycles. The van der Waals surface area contributed by atoms with E-state index < -0.39 is 6.10 Å². The van der Waals surface area contributed by atoms with Crippen molar-refractivity contribution in [1.82, 2.24) is 0 Å². The molecule has 5 heteroatoms. The molecule has 2 aromatic carbocycles. The number of fused-ring (bicyclic) bond motifs is 1. The Bertz CT molecular complexity index is 791. The Hall–Kier alpha value is -2.11. The third-order valence-electron chi connectivity index (χ3n) is 6.01. The van der Waals surface area contributed by atoms with Gasteiger partial charge in [0.05, 0.1) is 19.1 Å². The highest BCUT2D eigenvalue weighted by Gasteiger charge is 2.15. The van der Waals surface area contributed by atoms with Crippen LogP contribution in [0.3, 0.4) is 0 Å². The van der Waals surface area contributed by atoms with Gasteiger partial charge in [-0.15, -0.1) is 0 Å². The third kappa shape index (κ3) is 11.0. The predicted octanol–water partition coefficient (Wildman–Crippen LogP) is 6.31. The van der Waals surface area contributed by atoms with Crippen molar-refractivity contribution >= 4 is 16.7 Å². The molecule has 0 fully saturated rings. The van der Waals surface area contributed by atoms with Crippen molar-refractivity contribution in [2.75, 3.05) is 26.4 Å². The second-order valence-corrected chi connectivity index (χ2v) is 8.80. The molecule has 2 atom stereocenters. The maximum atomic E-state index is 11.7. The molecule has 0 aliphatic heterocycles. The van der Waals surface area contributed by atoms with Crippen LogP contribution in [0, 0.1) is 5.92 Å². The largest absolute Gasteiger partial charge is 0.494 e. The van der Waals surface area contributed by atoms with Crippen molar-refractivity contribution in [1.29, 1.82) is 0 Å². The number of unbranched alkanes of at least 4 members (excludes halogenated alkanes) is 7. The minimum Gasteiger partial charge on any atom is -0.494 e. The molecule has 0 bridgehead atoms. The molecule has 1 N–H and O–H groups in total. The van der Waals surface area contributed by atoms with Gasteiger partial charge in [0, 0.05) is 6.61 Å². The number of hydrogen-bond donors (Lipinski definition) is 1. The maximum Gasteiger partial charge on any atom is 0.308 e. The van der Waals surface area contributed by atoms with Crippen LogP contribution in [0.15, 0.2) is 42.5 Å². The number of carbonyl (C=O) groups is 1. The lowest BCUT2D eigenvalue weighted by Gasteiger charge is -2.17. The van der Waals surface area contributed by atoms with E-state index in [0.717, 1.165) is 38.0 Å². The van der Waals surface area contributed by atoms with Crippen molar-refractivity contribution < 1.29 is 24.1 Å². The highest BCUT2D eigenvalue weighted by atomic mass is 16.6. The Morgan fingerprint density at radius 1 is 0.879 bits per heavy atom. The number of ether oxygens (including phenoxy) is 3. The lowest BCUT2D eigenvalue weighted by Crippen LogP contribution is -2.27. The maximum absolute atomic E-state index is 11.7. The fraction of sp³-hybridized carbons (Fsp3) is 0.607. The Morgan fingerprint density at radius 3 is 2.18 bits per heavy atom. The Balaban J connectivity index is 1.40. The molecule has 2 unspecified atom stereocenters. The summed E-state index contributed by atoms with van der Waals surface area (Å²) in [6.07, 6.45) is 9.64. The van der Waals surface area contributed by atoms with Crippen LogP contribution in [0.2, 0.25) is 0 Å². The molecule has 0 radical (unpaired) electrons. The van der Waals surface area contributed by atoms with Crippen LogP contribution in [0.5, 0.6) is 5.75 Å². The molecule has 0 aromatic heterocycles. The van der Waals surface area contributed by atoms with Gasteiger partial charge in [0.2, 0.25) is 0 Å². The monoisotopic (exact) mass is 458 g/mol. The van der Waals surface area contributed by atoms with E-state index in [4.69, 9.17) is 14.2 Å². The summed E-state index contributed by atoms with van der Waals surface area (Å²) in [7, 11) is 0. The zero-order valence-corrected chi connectivity index (χ0v) is 20.5. The quantitative estimate of drug-likeness (QED) is 0.210. The predicted molar refractivity (Wildman–Crippen MR) is 134 cm³/mol. The van der Waals surface area contributed by atoms with E-state index in [0.29, 0.717) is 6.61 Å². The smallest absolute Gasteiger partial charge is 0.308 e. The molecule has 0 spiro atoms. The van der Waals surface area contributed by atoms with Crippen LogP contribution in [0.25, 0.3) is 10.8 Å². The first-order chi connectivity index (χ1) is 16.1. The highest BCUT2D eigenvalue weighted by molar-refractivity contribution is 5.83. The van der Waals surface area contributed by atoms with Crippen LogP contribution in [0.4, 0.5) is 0 Å². The van der Waals surface area contributed by atoms with Crippen LogP contribution in [-0.4, -0.2) is 43.6 Å². The lowest BCUT2D eigenvalue weighted by atomic mass is 10.1. The zero-order chi connectivity index (χ0) is 23.7. The van der Waals surface area contributed by atoms with Crippen LogP contribution in [-0.2, 0) is 14.3 Å². The first-order valence-corrected chi connectivity index (χ1v) is 12.6. The van der Waals surface area contributed by atoms with Gasteiger partial charge in [0.1, 0.15) is 18.5 Å². The summed E-state index contributed by atoms with van der Waals surface area (Å²) in [6.45, 7) is 5.17. The zero-order valence-electron chi connectivity index (χ0n) is 20.5. The van der Waals surface area contributed by atoms with E-state index in [-0.39, 0.29) is 25.1 Å².